The van der Waals surface area contributed by atoms with E-state index in [0.717, 1.165) is 12.8 Å². The van der Waals surface area contributed by atoms with Crippen LogP contribution in [-0.2, 0) is 9.53 Å². The zero-order chi connectivity index (χ0) is 22.7. The van der Waals surface area contributed by atoms with E-state index in [1.807, 2.05) is 13.8 Å². The number of ketones is 1. The summed E-state index contributed by atoms with van der Waals surface area (Å²) in [7, 11) is 0. The number of rotatable bonds is 22. The van der Waals surface area contributed by atoms with Gasteiger partial charge < -0.3 is 4.74 Å². The average Bonchev–Trinajstić information content (AvgIpc) is 2.70. The van der Waals surface area contributed by atoms with Gasteiger partial charge in [-0.1, -0.05) is 102 Å². The first kappa shape index (κ1) is 29.2. The van der Waals surface area contributed by atoms with Gasteiger partial charge in [0.25, 0.3) is 0 Å². The fourth-order valence-corrected chi connectivity index (χ4v) is 3.64. The van der Waals surface area contributed by atoms with E-state index < -0.39 is 11.1 Å². The van der Waals surface area contributed by atoms with Gasteiger partial charge in [0.2, 0.25) is 0 Å². The van der Waals surface area contributed by atoms with Gasteiger partial charge in [0.1, 0.15) is 5.60 Å². The molecule has 30 heavy (non-hydrogen) atoms. The molecule has 4 heteroatoms. The predicted molar refractivity (Wildman–Crippen MR) is 129 cm³/mol. The van der Waals surface area contributed by atoms with Crippen molar-refractivity contribution in [2.45, 2.75) is 155 Å². The van der Waals surface area contributed by atoms with Crippen molar-refractivity contribution in [3.63, 3.8) is 0 Å². The van der Waals surface area contributed by atoms with Crippen molar-refractivity contribution in [1.29, 1.82) is 0 Å². The summed E-state index contributed by atoms with van der Waals surface area (Å²) in [6.45, 7) is 9.90. The van der Waals surface area contributed by atoms with Gasteiger partial charge in [-0.15, -0.1) is 0 Å². The maximum Gasteiger partial charge on any atom is 0.164 e. The second kappa shape index (κ2) is 17.9. The van der Waals surface area contributed by atoms with Crippen molar-refractivity contribution in [2.75, 3.05) is 6.61 Å². The van der Waals surface area contributed by atoms with Crippen LogP contribution in [0.15, 0.2) is 5.18 Å². The summed E-state index contributed by atoms with van der Waals surface area (Å²) in [6, 6.07) is 0. The highest BCUT2D eigenvalue weighted by Crippen LogP contribution is 2.20. The fourth-order valence-electron chi connectivity index (χ4n) is 3.64. The van der Waals surface area contributed by atoms with E-state index in [1.54, 1.807) is 13.8 Å². The number of hydrogen-bond donors (Lipinski definition) is 0. The van der Waals surface area contributed by atoms with E-state index >= 15 is 0 Å². The van der Waals surface area contributed by atoms with Crippen LogP contribution in [0.4, 0.5) is 0 Å². The molecule has 0 rings (SSSR count). The Morgan fingerprint density at radius 2 is 1.10 bits per heavy atom. The first-order valence-electron chi connectivity index (χ1n) is 12.8. The number of nitrogens with zero attached hydrogens (tertiary/aromatic N) is 1. The van der Waals surface area contributed by atoms with Crippen LogP contribution >= 0.6 is 0 Å². The highest BCUT2D eigenvalue weighted by atomic mass is 16.5. The minimum atomic E-state index is -0.769. The fraction of sp³-hybridized carbons (Fsp3) is 0.962. The van der Waals surface area contributed by atoms with Crippen molar-refractivity contribution in [2.24, 2.45) is 5.18 Å². The number of nitroso groups, excluding NO2 is 1. The highest BCUT2D eigenvalue weighted by Gasteiger charge is 2.28. The quantitative estimate of drug-likeness (QED) is 0.129. The summed E-state index contributed by atoms with van der Waals surface area (Å²) >= 11 is 0. The lowest BCUT2D eigenvalue weighted by molar-refractivity contribution is -0.141. The Kier molecular flexibility index (Phi) is 17.4. The molecule has 0 amide bonds. The molecule has 0 N–H and O–H groups in total. The van der Waals surface area contributed by atoms with E-state index in [0.29, 0.717) is 19.4 Å². The summed E-state index contributed by atoms with van der Waals surface area (Å²) < 4.78 is 5.76. The highest BCUT2D eigenvalue weighted by molar-refractivity contribution is 5.86. The van der Waals surface area contributed by atoms with Gasteiger partial charge in [-0.3, -0.25) is 4.79 Å². The van der Waals surface area contributed by atoms with E-state index in [9.17, 15) is 9.70 Å². The molecule has 0 saturated heterocycles. The van der Waals surface area contributed by atoms with E-state index in [2.05, 4.69) is 12.1 Å². The number of carbonyl (C=O) groups is 1. The lowest BCUT2D eigenvalue weighted by Gasteiger charge is -2.25. The zero-order valence-corrected chi connectivity index (χ0v) is 20.9. The van der Waals surface area contributed by atoms with Gasteiger partial charge in [0.15, 0.2) is 5.78 Å². The van der Waals surface area contributed by atoms with Crippen molar-refractivity contribution >= 4 is 5.78 Å². The second-order valence-corrected chi connectivity index (χ2v) is 10.1. The average molecular weight is 426 g/mol. The van der Waals surface area contributed by atoms with Crippen molar-refractivity contribution in [3.05, 3.63) is 4.91 Å². The molecule has 0 aliphatic rings. The molecule has 0 spiro atoms. The second-order valence-electron chi connectivity index (χ2n) is 10.1. The molecule has 0 heterocycles. The molecule has 0 unspecified atom stereocenters. The van der Waals surface area contributed by atoms with Crippen LogP contribution in [0.3, 0.4) is 0 Å². The van der Waals surface area contributed by atoms with Gasteiger partial charge in [-0.25, -0.2) is 0 Å². The largest absolute Gasteiger partial charge is 0.368 e. The number of Topliss-reactive ketones (excluding diaryl/α,β-unsaturated/α-hetero) is 1. The minimum Gasteiger partial charge on any atom is -0.368 e. The van der Waals surface area contributed by atoms with E-state index in [4.69, 9.17) is 4.74 Å². The summed E-state index contributed by atoms with van der Waals surface area (Å²) in [5.74, 6) is 0.161. The van der Waals surface area contributed by atoms with Gasteiger partial charge in [0.05, 0.1) is 12.1 Å². The van der Waals surface area contributed by atoms with Crippen LogP contribution in [0.25, 0.3) is 0 Å². The predicted octanol–water partition coefficient (Wildman–Crippen LogP) is 8.55. The maximum absolute atomic E-state index is 12.4. The Balaban J connectivity index is 3.52. The van der Waals surface area contributed by atoms with Crippen LogP contribution in [0.5, 0.6) is 0 Å². The van der Waals surface area contributed by atoms with E-state index in [-0.39, 0.29) is 5.78 Å². The molecular weight excluding hydrogens is 374 g/mol. The minimum absolute atomic E-state index is 0.161. The van der Waals surface area contributed by atoms with Crippen LogP contribution < -0.4 is 0 Å². The van der Waals surface area contributed by atoms with Gasteiger partial charge in [-0.05, 0) is 40.5 Å². The van der Waals surface area contributed by atoms with Crippen LogP contribution in [0.1, 0.15) is 144 Å². The van der Waals surface area contributed by atoms with Gasteiger partial charge in [0, 0.05) is 6.42 Å². The summed E-state index contributed by atoms with van der Waals surface area (Å²) in [5, 5.41) is 3.09. The molecule has 0 bridgehead atoms. The normalized spacial score (nSPS) is 12.3. The lowest BCUT2D eigenvalue weighted by atomic mass is 9.97. The summed E-state index contributed by atoms with van der Waals surface area (Å²) in [5.41, 5.74) is -1.40. The maximum atomic E-state index is 12.4. The number of hydrogen-bond acceptors (Lipinski definition) is 4. The first-order valence-corrected chi connectivity index (χ1v) is 12.8. The summed E-state index contributed by atoms with van der Waals surface area (Å²) in [6.07, 6.45) is 21.0. The number of carbonyl (C=O) groups excluding carboxylic acids is 1. The molecule has 0 aromatic rings. The van der Waals surface area contributed by atoms with Crippen molar-refractivity contribution in [1.82, 2.24) is 0 Å². The van der Waals surface area contributed by atoms with Crippen molar-refractivity contribution < 1.29 is 9.53 Å². The zero-order valence-electron chi connectivity index (χ0n) is 20.9. The monoisotopic (exact) mass is 425 g/mol. The smallest absolute Gasteiger partial charge is 0.164 e. The number of ether oxygens (including phenoxy) is 1. The first-order chi connectivity index (χ1) is 14.2. The Hall–Kier alpha value is -0.770. The third-order valence-electron chi connectivity index (χ3n) is 6.10. The lowest BCUT2D eigenvalue weighted by Crippen LogP contribution is -2.36. The molecule has 0 radical (unpaired) electrons. The van der Waals surface area contributed by atoms with Crippen LogP contribution in [-0.4, -0.2) is 23.5 Å². The molecular formula is C26H51NO3. The molecule has 4 nitrogen and oxygen atoms in total. The Bertz CT molecular complexity index is 432. The Labute approximate surface area is 187 Å². The molecule has 0 aliphatic carbocycles. The van der Waals surface area contributed by atoms with Gasteiger partial charge >= 0.3 is 0 Å². The third kappa shape index (κ3) is 17.0. The Morgan fingerprint density at radius 3 is 1.50 bits per heavy atom. The summed E-state index contributed by atoms with van der Waals surface area (Å²) in [4.78, 5) is 23.1. The Morgan fingerprint density at radius 1 is 0.700 bits per heavy atom. The van der Waals surface area contributed by atoms with Crippen LogP contribution in [0, 0.1) is 4.91 Å². The van der Waals surface area contributed by atoms with Gasteiger partial charge in [-0.2, -0.15) is 4.91 Å². The molecule has 0 aliphatic heterocycles. The standard InChI is InChI=1S/C26H51NO3/c1-6-7-8-9-10-11-12-13-14-15-16-17-18-19-20-21-24(28)26(4,5)30-23-22-25(2,3)27-29/h6-23H2,1-5H3. The SMILES string of the molecule is CCCCCCCCCCCCCCCCCC(=O)C(C)(C)OCCC(C)(C)N=O. The van der Waals surface area contributed by atoms with Crippen LogP contribution in [0.2, 0.25) is 0 Å². The molecule has 0 aromatic carbocycles. The topological polar surface area (TPSA) is 55.7 Å². The molecule has 178 valence electrons. The molecule has 0 saturated carbocycles. The molecule has 0 aromatic heterocycles. The van der Waals surface area contributed by atoms with Crippen molar-refractivity contribution in [3.8, 4) is 0 Å². The van der Waals surface area contributed by atoms with E-state index in [1.165, 1.54) is 83.5 Å². The number of unbranched alkanes of at least 4 members (excludes halogenated alkanes) is 14. The molecule has 0 fully saturated rings. The third-order valence-corrected chi connectivity index (χ3v) is 6.10. The molecule has 0 atom stereocenters.